The summed E-state index contributed by atoms with van der Waals surface area (Å²) in [5.74, 6) is -0.878. The average molecular weight is 313 g/mol. The van der Waals surface area contributed by atoms with E-state index < -0.39 is 5.97 Å². The smallest absolute Gasteiger partial charge is 0.347 e. The van der Waals surface area contributed by atoms with Gasteiger partial charge in [-0.3, -0.25) is 0 Å². The van der Waals surface area contributed by atoms with Crippen molar-refractivity contribution in [3.8, 4) is 0 Å². The lowest BCUT2D eigenvalue weighted by Gasteiger charge is -2.00. The van der Waals surface area contributed by atoms with Gasteiger partial charge in [-0.15, -0.1) is 23.1 Å². The summed E-state index contributed by atoms with van der Waals surface area (Å²) in [6.07, 6.45) is 0. The van der Waals surface area contributed by atoms with Crippen molar-refractivity contribution in [2.45, 2.75) is 17.3 Å². The van der Waals surface area contributed by atoms with Gasteiger partial charge in [-0.1, -0.05) is 12.1 Å². The predicted octanol–water partition coefficient (Wildman–Crippen LogP) is 3.42. The van der Waals surface area contributed by atoms with Crippen LogP contribution < -0.4 is 0 Å². The van der Waals surface area contributed by atoms with Crippen LogP contribution in [0.2, 0.25) is 0 Å². The molecule has 1 N–H and O–H groups in total. The minimum absolute atomic E-state index is 0.155. The molecule has 0 amide bonds. The fourth-order valence-corrected chi connectivity index (χ4v) is 3.40. The van der Waals surface area contributed by atoms with Crippen LogP contribution in [0.4, 0.5) is 4.39 Å². The highest BCUT2D eigenvalue weighted by atomic mass is 32.2. The third-order valence-corrected chi connectivity index (χ3v) is 4.73. The number of carboxylic acids is 1. The van der Waals surface area contributed by atoms with Crippen LogP contribution in [-0.4, -0.2) is 23.2 Å². The molecular weight excluding hydrogens is 301 g/mol. The molecule has 0 spiro atoms. The van der Waals surface area contributed by atoms with Gasteiger partial charge in [-0.25, -0.2) is 14.2 Å². The molecule has 0 saturated carbocycles. The van der Waals surface area contributed by atoms with E-state index in [1.165, 1.54) is 24.9 Å². The quantitative estimate of drug-likeness (QED) is 0.828. The normalized spacial score (nSPS) is 10.7. The van der Waals surface area contributed by atoms with Crippen LogP contribution in [0.3, 0.4) is 0 Å². The highest BCUT2D eigenvalue weighted by Gasteiger charge is 2.17. The molecule has 4 nitrogen and oxygen atoms in total. The topological polar surface area (TPSA) is 59.4 Å². The van der Waals surface area contributed by atoms with Crippen molar-refractivity contribution in [2.24, 2.45) is 0 Å². The Labute approximate surface area is 123 Å². The molecule has 0 unspecified atom stereocenters. The molecule has 0 aliphatic heterocycles. The van der Waals surface area contributed by atoms with E-state index in [0.29, 0.717) is 21.3 Å². The first-order chi connectivity index (χ1) is 9.61. The molecule has 0 bridgehead atoms. The zero-order chi connectivity index (χ0) is 14.5. The highest BCUT2D eigenvalue weighted by Crippen LogP contribution is 2.28. The second-order valence-electron chi connectivity index (χ2n) is 3.84. The monoisotopic (exact) mass is 313 g/mol. The number of aromatic carboxylic acids is 1. The fourth-order valence-electron chi connectivity index (χ4n) is 1.57. The lowest BCUT2D eigenvalue weighted by Crippen LogP contribution is -1.99. The van der Waals surface area contributed by atoms with Crippen LogP contribution in [0.15, 0.2) is 29.2 Å². The molecule has 1 aromatic carbocycles. The number of halogens is 1. The number of methoxy groups -OCH3 is 1. The first-order valence-electron chi connectivity index (χ1n) is 5.70. The third-order valence-electron chi connectivity index (χ3n) is 2.40. The zero-order valence-electron chi connectivity index (χ0n) is 10.6. The highest BCUT2D eigenvalue weighted by molar-refractivity contribution is 7.98. The number of carboxylic acid groups (broad SMARTS) is 1. The number of benzene rings is 1. The van der Waals surface area contributed by atoms with Crippen molar-refractivity contribution in [1.29, 1.82) is 0 Å². The predicted molar refractivity (Wildman–Crippen MR) is 75.7 cm³/mol. The Bertz CT molecular complexity index is 615. The molecule has 0 aliphatic rings. The minimum Gasteiger partial charge on any atom is -0.477 e. The summed E-state index contributed by atoms with van der Waals surface area (Å²) in [5, 5.41) is 9.72. The van der Waals surface area contributed by atoms with Gasteiger partial charge in [0.1, 0.15) is 15.7 Å². The number of ether oxygens (including phenoxy) is 1. The number of aromatic nitrogens is 1. The van der Waals surface area contributed by atoms with Crippen LogP contribution in [0, 0.1) is 5.82 Å². The molecule has 7 heteroatoms. The molecule has 1 aromatic heterocycles. The van der Waals surface area contributed by atoms with Crippen molar-refractivity contribution in [2.75, 3.05) is 7.11 Å². The first-order valence-corrected chi connectivity index (χ1v) is 7.50. The summed E-state index contributed by atoms with van der Waals surface area (Å²) in [5.41, 5.74) is 0.411. The molecule has 106 valence electrons. The fraction of sp³-hybridized carbons (Fsp3) is 0.231. The van der Waals surface area contributed by atoms with Crippen LogP contribution in [-0.2, 0) is 17.1 Å². The molecule has 0 fully saturated rings. The average Bonchev–Trinajstić information content (AvgIpc) is 2.82. The van der Waals surface area contributed by atoms with E-state index in [0.717, 1.165) is 11.3 Å². The van der Waals surface area contributed by atoms with Gasteiger partial charge in [0.15, 0.2) is 0 Å². The Morgan fingerprint density at radius 1 is 1.50 bits per heavy atom. The minimum atomic E-state index is -1.02. The molecule has 0 aliphatic carbocycles. The lowest BCUT2D eigenvalue weighted by atomic mass is 10.3. The summed E-state index contributed by atoms with van der Waals surface area (Å²) in [7, 11) is 1.48. The van der Waals surface area contributed by atoms with E-state index in [1.807, 2.05) is 0 Å². The lowest BCUT2D eigenvalue weighted by molar-refractivity contribution is 0.0697. The Morgan fingerprint density at radius 3 is 2.90 bits per heavy atom. The summed E-state index contributed by atoms with van der Waals surface area (Å²) >= 11 is 2.39. The van der Waals surface area contributed by atoms with Crippen molar-refractivity contribution >= 4 is 29.1 Å². The maximum Gasteiger partial charge on any atom is 0.347 e. The number of hydrogen-bond donors (Lipinski definition) is 1. The van der Waals surface area contributed by atoms with Gasteiger partial charge in [0.2, 0.25) is 0 Å². The number of thiazole rings is 1. The number of nitrogens with zero attached hydrogens (tertiary/aromatic N) is 1. The molecule has 2 rings (SSSR count). The van der Waals surface area contributed by atoms with Gasteiger partial charge in [0, 0.05) is 12.0 Å². The van der Waals surface area contributed by atoms with Crippen LogP contribution >= 0.6 is 23.1 Å². The van der Waals surface area contributed by atoms with E-state index in [1.54, 1.807) is 18.2 Å². The van der Waals surface area contributed by atoms with E-state index in [2.05, 4.69) is 4.98 Å². The van der Waals surface area contributed by atoms with Crippen molar-refractivity contribution in [1.82, 2.24) is 4.98 Å². The molecule has 20 heavy (non-hydrogen) atoms. The van der Waals surface area contributed by atoms with Gasteiger partial charge in [-0.05, 0) is 12.1 Å². The van der Waals surface area contributed by atoms with Crippen LogP contribution in [0.5, 0.6) is 0 Å². The first kappa shape index (κ1) is 15.0. The number of hydrogen-bond acceptors (Lipinski definition) is 5. The Kier molecular flexibility index (Phi) is 5.11. The van der Waals surface area contributed by atoms with Crippen LogP contribution in [0.25, 0.3) is 0 Å². The van der Waals surface area contributed by atoms with Gasteiger partial charge < -0.3 is 9.84 Å². The van der Waals surface area contributed by atoms with E-state index in [9.17, 15) is 9.18 Å². The largest absolute Gasteiger partial charge is 0.477 e. The van der Waals surface area contributed by atoms with Gasteiger partial charge in [0.25, 0.3) is 0 Å². The number of rotatable bonds is 6. The SMILES string of the molecule is COCc1nc(CSc2ccccc2F)sc1C(=O)O. The van der Waals surface area contributed by atoms with Crippen molar-refractivity contribution < 1.29 is 19.0 Å². The maximum absolute atomic E-state index is 13.5. The summed E-state index contributed by atoms with van der Waals surface area (Å²) in [6.45, 7) is 0.155. The Hall–Kier alpha value is -1.44. The van der Waals surface area contributed by atoms with Crippen LogP contribution in [0.1, 0.15) is 20.4 Å². The van der Waals surface area contributed by atoms with E-state index in [-0.39, 0.29) is 17.3 Å². The summed E-state index contributed by atoms with van der Waals surface area (Å²) < 4.78 is 18.4. The molecule has 0 radical (unpaired) electrons. The Balaban J connectivity index is 2.12. The van der Waals surface area contributed by atoms with E-state index >= 15 is 0 Å². The van der Waals surface area contributed by atoms with Gasteiger partial charge in [0.05, 0.1) is 18.1 Å². The van der Waals surface area contributed by atoms with Gasteiger partial charge >= 0.3 is 5.97 Å². The molecule has 1 heterocycles. The summed E-state index contributed by atoms with van der Waals surface area (Å²) in [6, 6.07) is 6.46. The van der Waals surface area contributed by atoms with Crippen molar-refractivity contribution in [3.63, 3.8) is 0 Å². The molecule has 0 saturated heterocycles. The molecular formula is C13H12FNO3S2. The molecule has 2 aromatic rings. The maximum atomic E-state index is 13.5. The van der Waals surface area contributed by atoms with E-state index in [4.69, 9.17) is 9.84 Å². The second-order valence-corrected chi connectivity index (χ2v) is 5.94. The second kappa shape index (κ2) is 6.83. The van der Waals surface area contributed by atoms with Crippen molar-refractivity contribution in [3.05, 3.63) is 45.7 Å². The molecule has 0 atom stereocenters. The Morgan fingerprint density at radius 2 is 2.25 bits per heavy atom. The summed E-state index contributed by atoms with van der Waals surface area (Å²) in [4.78, 5) is 16.0. The number of carbonyl (C=O) groups is 1. The number of thioether (sulfide) groups is 1. The standard InChI is InChI=1S/C13H12FNO3S2/c1-18-6-9-12(13(16)17)20-11(15-9)7-19-10-5-3-2-4-8(10)14/h2-5H,6-7H2,1H3,(H,16,17). The third kappa shape index (κ3) is 3.56. The van der Waals surface area contributed by atoms with Gasteiger partial charge in [-0.2, -0.15) is 0 Å². The zero-order valence-corrected chi connectivity index (χ0v) is 12.3.